The van der Waals surface area contributed by atoms with Crippen LogP contribution in [0, 0.1) is 51.1 Å². The zero-order valence-corrected chi connectivity index (χ0v) is 15.3. The first-order chi connectivity index (χ1) is 10.9. The van der Waals surface area contributed by atoms with Crippen LogP contribution >= 0.6 is 0 Å². The van der Waals surface area contributed by atoms with E-state index in [1.165, 1.54) is 64.1 Å². The van der Waals surface area contributed by atoms with E-state index in [-0.39, 0.29) is 0 Å². The summed E-state index contributed by atoms with van der Waals surface area (Å²) in [4.78, 5) is 11.1. The van der Waals surface area contributed by atoms with Gasteiger partial charge >= 0.3 is 62.9 Å². The van der Waals surface area contributed by atoms with Gasteiger partial charge in [0.2, 0.25) is 0 Å². The van der Waals surface area contributed by atoms with E-state index in [1.54, 1.807) is 0 Å². The molecular weight excluding hydrogens is 334 g/mol. The minimum atomic E-state index is -4.78. The van der Waals surface area contributed by atoms with Crippen LogP contribution in [0.3, 0.4) is 0 Å². The molecule has 0 fully saturated rings. The molecule has 0 aromatic heterocycles. The van der Waals surface area contributed by atoms with Crippen LogP contribution < -0.4 is 0 Å². The number of rotatable bonds is 7. The van der Waals surface area contributed by atoms with E-state index in [9.17, 15) is 0 Å². The van der Waals surface area contributed by atoms with E-state index < -0.39 is 11.8 Å². The van der Waals surface area contributed by atoms with Crippen LogP contribution in [0.15, 0.2) is 0 Å². The van der Waals surface area contributed by atoms with Gasteiger partial charge in [0.15, 0.2) is 0 Å². The Balaban J connectivity index is 0. The Kier molecular flexibility index (Phi) is 11.5. The molecule has 0 N–H and O–H groups in total. The monoisotopic (exact) mass is 358 g/mol. The molecule has 0 aromatic carbocycles. The Bertz CT molecular complexity index is 448. The normalized spacial score (nSPS) is 11.4. The Labute approximate surface area is 140 Å². The van der Waals surface area contributed by atoms with Crippen LogP contribution in [0.5, 0.6) is 0 Å². The molecule has 0 saturated carbocycles. The quantitative estimate of drug-likeness (QED) is 0.635. The summed E-state index contributed by atoms with van der Waals surface area (Å²) in [5, 5.41) is 41.8. The maximum atomic E-state index is 8.35. The van der Waals surface area contributed by atoms with Crippen molar-refractivity contribution in [3.63, 3.8) is 0 Å². The molecule has 0 aliphatic carbocycles. The molecule has 0 spiro atoms. The molecule has 0 aliphatic heterocycles. The predicted molar refractivity (Wildman–Crippen MR) is 83.6 cm³/mol. The van der Waals surface area contributed by atoms with Crippen LogP contribution in [0.25, 0.3) is 0 Å². The van der Waals surface area contributed by atoms with Gasteiger partial charge in [-0.25, -0.2) is 0 Å². The first-order valence-corrected chi connectivity index (χ1v) is 9.99. The number of hydrogen-bond donors (Lipinski definition) is 0. The third kappa shape index (κ3) is 6.67. The fourth-order valence-electron chi connectivity index (χ4n) is 1.54. The summed E-state index contributed by atoms with van der Waals surface area (Å²) in [5.41, 5.74) is 0. The van der Waals surface area contributed by atoms with Crippen LogP contribution in [0.4, 0.5) is 0 Å². The van der Waals surface area contributed by atoms with Crippen LogP contribution in [0.2, 0.25) is 0 Å². The fourth-order valence-corrected chi connectivity index (χ4v) is 2.09. The number of likely N-dealkylation sites (N-methyl/N-ethyl adjacent to an activating group) is 2. The molecule has 0 radical (unpaired) electrons. The first-order valence-electron chi connectivity index (χ1n) is 7.23. The van der Waals surface area contributed by atoms with Gasteiger partial charge in [0.1, 0.15) is 0 Å². The van der Waals surface area contributed by atoms with Crippen LogP contribution in [-0.2, 0) is 11.8 Å². The molecule has 0 heterocycles. The molecule has 127 valence electrons. The molecule has 0 unspecified atom stereocenters. The van der Waals surface area contributed by atoms with E-state index in [0.29, 0.717) is 0 Å². The maximum absolute atomic E-state index is 8.35. The standard InChI is InChI=1S/C10H24N2.5CN.Fe/c1-5-11(6-2)9-10-12(7-3)8-4;5*1-2;/h5-10H2,1-4H3;;;;;;. The number of hydrogen-bond acceptors (Lipinski definition) is 7. The van der Waals surface area contributed by atoms with E-state index >= 15 is 0 Å². The zero-order chi connectivity index (χ0) is 18.4. The van der Waals surface area contributed by atoms with Crippen molar-refractivity contribution < 1.29 is 11.8 Å². The summed E-state index contributed by atoms with van der Waals surface area (Å²) < 4.78 is 0. The van der Waals surface area contributed by atoms with Gasteiger partial charge in [0.25, 0.3) is 0 Å². The van der Waals surface area contributed by atoms with Gasteiger partial charge < -0.3 is 9.80 Å². The molecule has 0 rings (SSSR count). The van der Waals surface area contributed by atoms with Crippen LogP contribution in [0.1, 0.15) is 27.7 Å². The molecule has 0 bridgehead atoms. The minimum absolute atomic E-state index is 1.18. The van der Waals surface area contributed by atoms with Gasteiger partial charge in [0, 0.05) is 13.1 Å². The van der Waals surface area contributed by atoms with Crippen molar-refractivity contribution in [3.05, 3.63) is 0 Å². The molecule has 23 heavy (non-hydrogen) atoms. The van der Waals surface area contributed by atoms with Gasteiger partial charge in [-0.05, 0) is 26.2 Å². The zero-order valence-electron chi connectivity index (χ0n) is 14.2. The Morgan fingerprint density at radius 1 is 0.565 bits per heavy atom. The summed E-state index contributed by atoms with van der Waals surface area (Å²) >= 11 is -4.78. The van der Waals surface area contributed by atoms with Crippen molar-refractivity contribution in [3.8, 4) is 24.8 Å². The SMILES string of the molecule is CCN(CC)CCN(CC)CC.N#[C][Fe]([C]#N)([C]#N)([C]#N)[C]#N. The molecule has 8 heteroatoms. The molecule has 7 nitrogen and oxygen atoms in total. The first kappa shape index (κ1) is 23.2. The summed E-state index contributed by atoms with van der Waals surface area (Å²) in [6.07, 6.45) is 0. The number of nitriles is 5. The molecule has 0 aromatic rings. The van der Waals surface area contributed by atoms with Crippen LogP contribution in [-0.4, -0.2) is 49.1 Å². The molecule has 0 atom stereocenters. The van der Waals surface area contributed by atoms with Gasteiger partial charge in [-0.15, -0.1) is 0 Å². The van der Waals surface area contributed by atoms with Gasteiger partial charge in [-0.1, -0.05) is 27.7 Å². The van der Waals surface area contributed by atoms with Crippen molar-refractivity contribution in [2.45, 2.75) is 27.7 Å². The van der Waals surface area contributed by atoms with E-state index in [2.05, 4.69) is 37.5 Å². The second-order valence-corrected chi connectivity index (χ2v) is 8.33. The van der Waals surface area contributed by atoms with E-state index in [4.69, 9.17) is 26.3 Å². The fraction of sp³-hybridized carbons (Fsp3) is 0.667. The second-order valence-electron chi connectivity index (χ2n) is 4.33. The third-order valence-electron chi connectivity index (χ3n) is 3.31. The molecular formula is C15H24FeN7. The topological polar surface area (TPSA) is 125 Å². The number of nitrogens with zero attached hydrogens (tertiary/aromatic N) is 7. The summed E-state index contributed by atoms with van der Waals surface area (Å²) in [7, 11) is 0. The summed E-state index contributed by atoms with van der Waals surface area (Å²) in [5.74, 6) is 0. The molecule has 0 aliphatic rings. The predicted octanol–water partition coefficient (Wildman–Crippen LogP) is 1.75. The van der Waals surface area contributed by atoms with Gasteiger partial charge in [-0.2, -0.15) is 0 Å². The summed E-state index contributed by atoms with van der Waals surface area (Å²) in [6, 6.07) is 0. The van der Waals surface area contributed by atoms with Crippen molar-refractivity contribution >= 4 is 0 Å². The van der Waals surface area contributed by atoms with E-state index in [1.807, 2.05) is 0 Å². The Hall–Kier alpha value is -2.11. The second kappa shape index (κ2) is 11.5. The van der Waals surface area contributed by atoms with Gasteiger partial charge in [-0.3, -0.25) is 0 Å². The average Bonchev–Trinajstić information content (AvgIpc) is 2.63. The Morgan fingerprint density at radius 3 is 0.870 bits per heavy atom. The van der Waals surface area contributed by atoms with Gasteiger partial charge in [0.05, 0.1) is 0 Å². The van der Waals surface area contributed by atoms with Crippen molar-refractivity contribution in [1.82, 2.24) is 9.80 Å². The Morgan fingerprint density at radius 2 is 0.783 bits per heavy atom. The molecule has 0 amide bonds. The van der Waals surface area contributed by atoms with E-state index in [0.717, 1.165) is 0 Å². The third-order valence-corrected chi connectivity index (χ3v) is 5.78. The van der Waals surface area contributed by atoms with Crippen molar-refractivity contribution in [1.29, 1.82) is 26.3 Å². The van der Waals surface area contributed by atoms with Crippen molar-refractivity contribution in [2.24, 2.45) is 0 Å². The summed E-state index contributed by atoms with van der Waals surface area (Å²) in [6.45, 7) is 16.1. The molecule has 0 saturated heterocycles. The van der Waals surface area contributed by atoms with Crippen molar-refractivity contribution in [2.75, 3.05) is 39.3 Å². The average molecular weight is 358 g/mol.